The first kappa shape index (κ1) is 22.4. The molecule has 2 amide bonds. The molecular weight excluding hydrogens is 432 g/mol. The van der Waals surface area contributed by atoms with Gasteiger partial charge >= 0.3 is 0 Å². The number of carbonyl (C=O) groups is 2. The van der Waals surface area contributed by atoms with Gasteiger partial charge in [0.2, 0.25) is 11.8 Å². The van der Waals surface area contributed by atoms with E-state index in [1.165, 1.54) is 0 Å². The third-order valence-corrected chi connectivity index (χ3v) is 6.48. The molecule has 0 aliphatic rings. The van der Waals surface area contributed by atoms with E-state index in [9.17, 15) is 9.59 Å². The number of amides is 2. The van der Waals surface area contributed by atoms with Crippen LogP contribution >= 0.6 is 0 Å². The zero-order valence-electron chi connectivity index (χ0n) is 19.2. The molecule has 0 aromatic heterocycles. The first-order chi connectivity index (χ1) is 17.1. The highest BCUT2D eigenvalue weighted by Gasteiger charge is 2.28. The average Bonchev–Trinajstić information content (AvgIpc) is 2.89. The van der Waals surface area contributed by atoms with Gasteiger partial charge in [-0.3, -0.25) is 9.59 Å². The van der Waals surface area contributed by atoms with Gasteiger partial charge in [0.15, 0.2) is 0 Å². The van der Waals surface area contributed by atoms with Gasteiger partial charge in [0.05, 0.1) is 5.92 Å². The lowest BCUT2D eigenvalue weighted by molar-refractivity contribution is -0.127. The van der Waals surface area contributed by atoms with Crippen molar-refractivity contribution >= 4 is 33.4 Å². The Balaban J connectivity index is 1.53. The van der Waals surface area contributed by atoms with Gasteiger partial charge in [-0.15, -0.1) is 0 Å². The van der Waals surface area contributed by atoms with Crippen LogP contribution in [0.3, 0.4) is 0 Å². The molecule has 4 nitrogen and oxygen atoms in total. The maximum atomic E-state index is 13.7. The van der Waals surface area contributed by atoms with Crippen LogP contribution in [-0.4, -0.2) is 17.9 Å². The van der Waals surface area contributed by atoms with Crippen molar-refractivity contribution < 1.29 is 9.59 Å². The number of carbonyl (C=O) groups excluding carboxylic acids is 2. The molecule has 0 radical (unpaired) electrons. The molecule has 172 valence electrons. The third kappa shape index (κ3) is 4.64. The molecule has 0 aliphatic carbocycles. The van der Waals surface area contributed by atoms with E-state index in [0.717, 1.165) is 38.2 Å². The lowest BCUT2D eigenvalue weighted by Crippen LogP contribution is -2.47. The van der Waals surface area contributed by atoms with Crippen LogP contribution in [0, 0.1) is 0 Å². The molecule has 5 aromatic rings. The molecule has 0 saturated heterocycles. The van der Waals surface area contributed by atoms with Crippen LogP contribution in [-0.2, 0) is 16.0 Å². The van der Waals surface area contributed by atoms with E-state index >= 15 is 0 Å². The Labute approximate surface area is 204 Å². The molecule has 3 N–H and O–H groups in total. The van der Waals surface area contributed by atoms with E-state index in [2.05, 4.69) is 23.5 Å². The Kier molecular flexibility index (Phi) is 6.27. The minimum absolute atomic E-state index is 0.254. The molecule has 0 aliphatic heterocycles. The highest BCUT2D eigenvalue weighted by Crippen LogP contribution is 2.30. The van der Waals surface area contributed by atoms with Crippen LogP contribution in [0.1, 0.15) is 22.6 Å². The average molecular weight is 459 g/mol. The Bertz CT molecular complexity index is 1400. The van der Waals surface area contributed by atoms with Crippen molar-refractivity contribution in [2.45, 2.75) is 18.4 Å². The van der Waals surface area contributed by atoms with Gasteiger partial charge in [-0.05, 0) is 44.3 Å². The first-order valence-corrected chi connectivity index (χ1v) is 11.7. The lowest BCUT2D eigenvalue weighted by atomic mass is 9.89. The molecular formula is C31H26N2O2. The summed E-state index contributed by atoms with van der Waals surface area (Å²) < 4.78 is 0. The van der Waals surface area contributed by atoms with Crippen LogP contribution in [0.15, 0.2) is 115 Å². The quantitative estimate of drug-likeness (QED) is 0.323. The predicted octanol–water partition coefficient (Wildman–Crippen LogP) is 5.34. The van der Waals surface area contributed by atoms with E-state index in [1.54, 1.807) is 0 Å². The van der Waals surface area contributed by atoms with E-state index in [4.69, 9.17) is 5.73 Å². The SMILES string of the molecule is NC(=O)[C@H](Cc1c2ccccc2cc2ccccc12)NC(=O)C(c1ccccc1)c1ccccc1. The van der Waals surface area contributed by atoms with Gasteiger partial charge in [0, 0.05) is 6.42 Å². The molecule has 35 heavy (non-hydrogen) atoms. The Hall–Kier alpha value is -4.44. The summed E-state index contributed by atoms with van der Waals surface area (Å²) >= 11 is 0. The first-order valence-electron chi connectivity index (χ1n) is 11.7. The number of nitrogens with two attached hydrogens (primary N) is 1. The maximum absolute atomic E-state index is 13.7. The number of primary amides is 1. The fourth-order valence-corrected chi connectivity index (χ4v) is 4.80. The van der Waals surface area contributed by atoms with Gasteiger partial charge in [0.25, 0.3) is 0 Å². The van der Waals surface area contributed by atoms with Crippen molar-refractivity contribution in [2.24, 2.45) is 5.73 Å². The number of fused-ring (bicyclic) bond motifs is 2. The molecule has 0 bridgehead atoms. The number of nitrogens with one attached hydrogen (secondary N) is 1. The zero-order chi connectivity index (χ0) is 24.2. The van der Waals surface area contributed by atoms with Crippen molar-refractivity contribution in [1.82, 2.24) is 5.32 Å². The van der Waals surface area contributed by atoms with Crippen molar-refractivity contribution in [3.8, 4) is 0 Å². The van der Waals surface area contributed by atoms with E-state index in [1.807, 2.05) is 97.1 Å². The normalized spacial score (nSPS) is 12.0. The second-order valence-corrected chi connectivity index (χ2v) is 8.72. The smallest absolute Gasteiger partial charge is 0.240 e. The number of hydrogen-bond donors (Lipinski definition) is 2. The second-order valence-electron chi connectivity index (χ2n) is 8.72. The Morgan fingerprint density at radius 3 is 1.60 bits per heavy atom. The van der Waals surface area contributed by atoms with Gasteiger partial charge in [-0.1, -0.05) is 109 Å². The van der Waals surface area contributed by atoms with Crippen LogP contribution in [0.2, 0.25) is 0 Å². The number of hydrogen-bond acceptors (Lipinski definition) is 2. The van der Waals surface area contributed by atoms with Gasteiger partial charge < -0.3 is 11.1 Å². The molecule has 5 rings (SSSR count). The highest BCUT2D eigenvalue weighted by atomic mass is 16.2. The summed E-state index contributed by atoms with van der Waals surface area (Å²) in [4.78, 5) is 26.3. The summed E-state index contributed by atoms with van der Waals surface area (Å²) in [5.74, 6) is -1.37. The topological polar surface area (TPSA) is 72.2 Å². The van der Waals surface area contributed by atoms with Crippen LogP contribution < -0.4 is 11.1 Å². The number of rotatable bonds is 7. The molecule has 5 aromatic carbocycles. The molecule has 0 heterocycles. The molecule has 4 heteroatoms. The van der Waals surface area contributed by atoms with Crippen LogP contribution in [0.25, 0.3) is 21.5 Å². The Morgan fingerprint density at radius 1 is 0.657 bits per heavy atom. The molecule has 0 spiro atoms. The summed E-state index contributed by atoms with van der Waals surface area (Å²) in [5.41, 5.74) is 8.56. The summed E-state index contributed by atoms with van der Waals surface area (Å²) in [6, 6.07) is 36.6. The summed E-state index contributed by atoms with van der Waals surface area (Å²) in [6.45, 7) is 0. The van der Waals surface area contributed by atoms with Crippen molar-refractivity contribution in [2.75, 3.05) is 0 Å². The number of benzene rings is 5. The summed E-state index contributed by atoms with van der Waals surface area (Å²) in [6.07, 6.45) is 0.305. The maximum Gasteiger partial charge on any atom is 0.240 e. The monoisotopic (exact) mass is 458 g/mol. The minimum Gasteiger partial charge on any atom is -0.368 e. The van der Waals surface area contributed by atoms with Crippen molar-refractivity contribution in [3.05, 3.63) is 132 Å². The predicted molar refractivity (Wildman–Crippen MR) is 141 cm³/mol. The van der Waals surface area contributed by atoms with E-state index in [-0.39, 0.29) is 5.91 Å². The van der Waals surface area contributed by atoms with Gasteiger partial charge in [-0.2, -0.15) is 0 Å². The minimum atomic E-state index is -0.855. The summed E-state index contributed by atoms with van der Waals surface area (Å²) in [7, 11) is 0. The molecule has 1 atom stereocenters. The third-order valence-electron chi connectivity index (χ3n) is 6.48. The fraction of sp³-hybridized carbons (Fsp3) is 0.0968. The second kappa shape index (κ2) is 9.82. The molecule has 0 fully saturated rings. The van der Waals surface area contributed by atoms with Crippen molar-refractivity contribution in [3.63, 3.8) is 0 Å². The van der Waals surface area contributed by atoms with E-state index < -0.39 is 17.9 Å². The van der Waals surface area contributed by atoms with Gasteiger partial charge in [0.1, 0.15) is 6.04 Å². The standard InChI is InChI=1S/C31H26N2O2/c32-30(34)28(20-27-25-17-9-7-15-23(25)19-24-16-8-10-18-26(24)27)33-31(35)29(21-11-3-1-4-12-21)22-13-5-2-6-14-22/h1-19,28-29H,20H2,(H2,32,34)(H,33,35)/t28-/m0/s1. The molecule has 0 saturated carbocycles. The van der Waals surface area contributed by atoms with E-state index in [0.29, 0.717) is 6.42 Å². The molecule has 0 unspecified atom stereocenters. The zero-order valence-corrected chi connectivity index (χ0v) is 19.2. The van der Waals surface area contributed by atoms with Crippen molar-refractivity contribution in [1.29, 1.82) is 0 Å². The van der Waals surface area contributed by atoms with Crippen LogP contribution in [0.5, 0.6) is 0 Å². The van der Waals surface area contributed by atoms with Gasteiger partial charge in [-0.25, -0.2) is 0 Å². The Morgan fingerprint density at radius 2 is 1.11 bits per heavy atom. The largest absolute Gasteiger partial charge is 0.368 e. The highest BCUT2D eigenvalue weighted by molar-refractivity contribution is 6.03. The van der Waals surface area contributed by atoms with Crippen LogP contribution in [0.4, 0.5) is 0 Å². The lowest BCUT2D eigenvalue weighted by Gasteiger charge is -2.23. The fourth-order valence-electron chi connectivity index (χ4n) is 4.80. The summed E-state index contributed by atoms with van der Waals surface area (Å²) in [5, 5.41) is 7.25.